The molecule has 146 valence electrons. The van der Waals surface area contributed by atoms with Gasteiger partial charge in [-0.25, -0.2) is 9.78 Å². The number of fused-ring (bicyclic) bond motifs is 1. The lowest BCUT2D eigenvalue weighted by Crippen LogP contribution is -2.29. The first kappa shape index (κ1) is 18.9. The van der Waals surface area contributed by atoms with Gasteiger partial charge in [0.25, 0.3) is 5.91 Å². The summed E-state index contributed by atoms with van der Waals surface area (Å²) in [6.07, 6.45) is 0.575. The summed E-state index contributed by atoms with van der Waals surface area (Å²) in [7, 11) is 1.63. The summed E-state index contributed by atoms with van der Waals surface area (Å²) >= 11 is 1.53. The maximum Gasteiger partial charge on any atom is 0.349 e. The molecule has 4 rings (SSSR count). The highest BCUT2D eigenvalue weighted by Gasteiger charge is 2.13. The Morgan fingerprint density at radius 1 is 1.17 bits per heavy atom. The van der Waals surface area contributed by atoms with Crippen molar-refractivity contribution >= 4 is 28.2 Å². The molecule has 0 radical (unpaired) electrons. The predicted molar refractivity (Wildman–Crippen MR) is 113 cm³/mol. The number of carbonyl (C=O) groups is 1. The van der Waals surface area contributed by atoms with E-state index in [9.17, 15) is 9.59 Å². The predicted octanol–water partition coefficient (Wildman–Crippen LogP) is 3.90. The van der Waals surface area contributed by atoms with Crippen LogP contribution in [0, 0.1) is 0 Å². The van der Waals surface area contributed by atoms with E-state index in [0.29, 0.717) is 23.9 Å². The topological polar surface area (TPSA) is 81.4 Å². The van der Waals surface area contributed by atoms with E-state index in [0.717, 1.165) is 22.0 Å². The number of para-hydroxylation sites is 1. The van der Waals surface area contributed by atoms with Crippen LogP contribution in [0.3, 0.4) is 0 Å². The lowest BCUT2D eigenvalue weighted by atomic mass is 10.2. The molecule has 0 fully saturated rings. The zero-order chi connectivity index (χ0) is 20.2. The fourth-order valence-electron chi connectivity index (χ4n) is 2.92. The van der Waals surface area contributed by atoms with Crippen LogP contribution in [-0.2, 0) is 6.42 Å². The summed E-state index contributed by atoms with van der Waals surface area (Å²) in [5.74, 6) is 0.349. The number of amides is 1. The summed E-state index contributed by atoms with van der Waals surface area (Å²) in [5.41, 5.74) is 1.71. The molecule has 2 aromatic heterocycles. The Kier molecular flexibility index (Phi) is 5.39. The van der Waals surface area contributed by atoms with Crippen molar-refractivity contribution in [2.45, 2.75) is 6.42 Å². The quantitative estimate of drug-likeness (QED) is 0.491. The van der Waals surface area contributed by atoms with Crippen molar-refractivity contribution in [3.8, 4) is 17.0 Å². The molecule has 7 heteroatoms. The van der Waals surface area contributed by atoms with Gasteiger partial charge in [-0.15, -0.1) is 11.3 Å². The number of thiazole rings is 1. The molecule has 1 N–H and O–H groups in total. The molecule has 0 saturated carbocycles. The second-order valence-electron chi connectivity index (χ2n) is 6.35. The average Bonchev–Trinajstić information content (AvgIpc) is 3.22. The molecule has 4 aromatic rings. The second-order valence-corrected chi connectivity index (χ2v) is 7.29. The minimum absolute atomic E-state index is 0.00163. The van der Waals surface area contributed by atoms with E-state index in [4.69, 9.17) is 9.15 Å². The Hall–Kier alpha value is -3.45. The van der Waals surface area contributed by atoms with Gasteiger partial charge in [-0.3, -0.25) is 4.79 Å². The summed E-state index contributed by atoms with van der Waals surface area (Å²) < 4.78 is 10.4. The van der Waals surface area contributed by atoms with E-state index in [2.05, 4.69) is 10.3 Å². The standard InChI is InChI=1S/C22H18N2O4S/c1-27-16-8-6-14(7-9-16)18-13-29-20(24-18)10-11-23-21(25)17-12-15-4-2-3-5-19(15)28-22(17)26/h2-9,12-13H,10-11H2,1H3,(H,23,25). The third-order valence-electron chi connectivity index (χ3n) is 4.45. The summed E-state index contributed by atoms with van der Waals surface area (Å²) in [5, 5.41) is 6.37. The van der Waals surface area contributed by atoms with E-state index in [-0.39, 0.29) is 5.56 Å². The molecule has 0 aliphatic carbocycles. The van der Waals surface area contributed by atoms with E-state index in [1.807, 2.05) is 35.7 Å². The summed E-state index contributed by atoms with van der Waals surface area (Å²) in [6.45, 7) is 0.376. The SMILES string of the molecule is COc1ccc(-c2csc(CCNC(=O)c3cc4ccccc4oc3=O)n2)cc1. The van der Waals surface area contributed by atoms with Crippen molar-refractivity contribution < 1.29 is 13.9 Å². The molecule has 0 aliphatic heterocycles. The Morgan fingerprint density at radius 3 is 2.76 bits per heavy atom. The first-order valence-electron chi connectivity index (χ1n) is 9.04. The third-order valence-corrected chi connectivity index (χ3v) is 5.36. The number of nitrogens with zero attached hydrogens (tertiary/aromatic N) is 1. The smallest absolute Gasteiger partial charge is 0.349 e. The highest BCUT2D eigenvalue weighted by atomic mass is 32.1. The monoisotopic (exact) mass is 406 g/mol. The fraction of sp³-hybridized carbons (Fsp3) is 0.136. The van der Waals surface area contributed by atoms with Gasteiger partial charge in [-0.05, 0) is 36.4 Å². The number of benzene rings is 2. The number of methoxy groups -OCH3 is 1. The molecule has 0 unspecified atom stereocenters. The summed E-state index contributed by atoms with van der Waals surface area (Å²) in [6, 6.07) is 16.4. The van der Waals surface area contributed by atoms with Crippen LogP contribution >= 0.6 is 11.3 Å². The average molecular weight is 406 g/mol. The Labute approximate surface area is 170 Å². The van der Waals surface area contributed by atoms with E-state index >= 15 is 0 Å². The van der Waals surface area contributed by atoms with Crippen LogP contribution < -0.4 is 15.7 Å². The minimum Gasteiger partial charge on any atom is -0.497 e. The minimum atomic E-state index is -0.641. The van der Waals surface area contributed by atoms with Crippen molar-refractivity contribution in [2.75, 3.05) is 13.7 Å². The molecule has 0 saturated heterocycles. The molecule has 0 atom stereocenters. The highest BCUT2D eigenvalue weighted by molar-refractivity contribution is 7.09. The maximum absolute atomic E-state index is 12.4. The van der Waals surface area contributed by atoms with Gasteiger partial charge in [0.15, 0.2) is 0 Å². The van der Waals surface area contributed by atoms with Crippen molar-refractivity contribution in [2.24, 2.45) is 0 Å². The molecular formula is C22H18N2O4S. The van der Waals surface area contributed by atoms with Gasteiger partial charge in [-0.2, -0.15) is 0 Å². The highest BCUT2D eigenvalue weighted by Crippen LogP contribution is 2.24. The van der Waals surface area contributed by atoms with Crippen LogP contribution in [0.1, 0.15) is 15.4 Å². The molecule has 2 heterocycles. The van der Waals surface area contributed by atoms with Gasteiger partial charge in [0, 0.05) is 29.3 Å². The van der Waals surface area contributed by atoms with Crippen molar-refractivity contribution in [3.63, 3.8) is 0 Å². The number of ether oxygens (including phenoxy) is 1. The van der Waals surface area contributed by atoms with E-state index < -0.39 is 11.5 Å². The van der Waals surface area contributed by atoms with Crippen LogP contribution in [0.4, 0.5) is 0 Å². The normalized spacial score (nSPS) is 10.8. The third kappa shape index (κ3) is 4.20. The number of hydrogen-bond acceptors (Lipinski definition) is 6. The van der Waals surface area contributed by atoms with Gasteiger partial charge in [0.2, 0.25) is 0 Å². The zero-order valence-corrected chi connectivity index (χ0v) is 16.5. The Morgan fingerprint density at radius 2 is 1.97 bits per heavy atom. The fourth-order valence-corrected chi connectivity index (χ4v) is 3.73. The lowest BCUT2D eigenvalue weighted by molar-refractivity contribution is 0.0950. The van der Waals surface area contributed by atoms with Gasteiger partial charge in [-0.1, -0.05) is 18.2 Å². The molecule has 0 bridgehead atoms. The van der Waals surface area contributed by atoms with E-state index in [1.165, 1.54) is 11.3 Å². The van der Waals surface area contributed by atoms with E-state index in [1.54, 1.807) is 31.4 Å². The van der Waals surface area contributed by atoms with Crippen LogP contribution in [0.15, 0.2) is 69.2 Å². The largest absolute Gasteiger partial charge is 0.497 e. The number of nitrogens with one attached hydrogen (secondary N) is 1. The first-order chi connectivity index (χ1) is 14.1. The van der Waals surface area contributed by atoms with Crippen LogP contribution in [0.2, 0.25) is 0 Å². The maximum atomic E-state index is 12.4. The Balaban J connectivity index is 1.39. The second kappa shape index (κ2) is 8.28. The number of aromatic nitrogens is 1. The van der Waals surface area contributed by atoms with Crippen molar-refractivity contribution in [1.29, 1.82) is 0 Å². The molecule has 2 aromatic carbocycles. The summed E-state index contributed by atoms with van der Waals surface area (Å²) in [4.78, 5) is 29.1. The van der Waals surface area contributed by atoms with Crippen molar-refractivity contribution in [1.82, 2.24) is 10.3 Å². The molecular weight excluding hydrogens is 388 g/mol. The first-order valence-corrected chi connectivity index (χ1v) is 9.92. The molecule has 1 amide bonds. The number of hydrogen-bond donors (Lipinski definition) is 1. The van der Waals surface area contributed by atoms with Gasteiger partial charge < -0.3 is 14.5 Å². The lowest BCUT2D eigenvalue weighted by Gasteiger charge is -2.04. The Bertz CT molecular complexity index is 1210. The van der Waals surface area contributed by atoms with Crippen molar-refractivity contribution in [3.05, 3.63) is 81.0 Å². The number of rotatable bonds is 6. The van der Waals surface area contributed by atoms with Gasteiger partial charge in [0.1, 0.15) is 16.9 Å². The zero-order valence-electron chi connectivity index (χ0n) is 15.7. The van der Waals surface area contributed by atoms with Gasteiger partial charge >= 0.3 is 5.63 Å². The molecule has 29 heavy (non-hydrogen) atoms. The molecule has 0 spiro atoms. The molecule has 0 aliphatic rings. The molecule has 6 nitrogen and oxygen atoms in total. The van der Waals surface area contributed by atoms with Crippen LogP contribution in [0.5, 0.6) is 5.75 Å². The van der Waals surface area contributed by atoms with Gasteiger partial charge in [0.05, 0.1) is 17.8 Å². The van der Waals surface area contributed by atoms with Crippen LogP contribution in [0.25, 0.3) is 22.2 Å². The number of carbonyl (C=O) groups excluding carboxylic acids is 1. The van der Waals surface area contributed by atoms with Crippen LogP contribution in [-0.4, -0.2) is 24.5 Å².